The zero-order valence-corrected chi connectivity index (χ0v) is 20.1. The van der Waals surface area contributed by atoms with Crippen LogP contribution >= 0.6 is 0 Å². The Bertz CT molecular complexity index is 1320. The molecule has 13 heteroatoms. The molecule has 0 amide bonds. The molecule has 4 atom stereocenters. The van der Waals surface area contributed by atoms with Gasteiger partial charge in [-0.1, -0.05) is 5.21 Å². The highest BCUT2D eigenvalue weighted by Crippen LogP contribution is 2.52. The molecule has 5 rings (SSSR count). The first kappa shape index (κ1) is 24.9. The van der Waals surface area contributed by atoms with Crippen molar-refractivity contribution in [2.75, 3.05) is 0 Å². The Morgan fingerprint density at radius 3 is 2.81 bits per heavy atom. The summed E-state index contributed by atoms with van der Waals surface area (Å²) in [5.41, 5.74) is -0.590. The Hall–Kier alpha value is -3.77. The highest BCUT2D eigenvalue weighted by Gasteiger charge is 2.58. The first-order valence-corrected chi connectivity index (χ1v) is 11.8. The fourth-order valence-corrected chi connectivity index (χ4v) is 5.30. The van der Waals surface area contributed by atoms with E-state index in [4.69, 9.17) is 9.47 Å². The van der Waals surface area contributed by atoms with E-state index in [2.05, 4.69) is 25.3 Å². The molecular formula is C24H25F3N6O4. The Labute approximate surface area is 209 Å². The molecule has 2 saturated carbocycles. The molecule has 0 bridgehead atoms. The third-order valence-corrected chi connectivity index (χ3v) is 7.21. The molecule has 0 saturated heterocycles. The number of aryl methyl sites for hydroxylation is 2. The first-order chi connectivity index (χ1) is 17.7. The molecule has 1 N–H and O–H groups in total. The van der Waals surface area contributed by atoms with Crippen LogP contribution in [0.15, 0.2) is 24.4 Å². The monoisotopic (exact) mass is 518 g/mol. The topological polar surface area (TPSA) is 125 Å². The van der Waals surface area contributed by atoms with E-state index in [0.717, 1.165) is 6.07 Å². The highest BCUT2D eigenvalue weighted by atomic mass is 19.3. The van der Waals surface area contributed by atoms with Gasteiger partial charge in [-0.05, 0) is 56.7 Å². The van der Waals surface area contributed by atoms with Gasteiger partial charge < -0.3 is 14.6 Å². The van der Waals surface area contributed by atoms with Crippen molar-refractivity contribution >= 4 is 5.97 Å². The Kier molecular flexibility index (Phi) is 6.46. The van der Waals surface area contributed by atoms with Gasteiger partial charge in [0.25, 0.3) is 6.43 Å². The molecule has 0 spiro atoms. The van der Waals surface area contributed by atoms with Crippen molar-refractivity contribution in [2.24, 2.45) is 18.9 Å². The number of fused-ring (bicyclic) bond motifs is 1. The molecule has 37 heavy (non-hydrogen) atoms. The third kappa shape index (κ3) is 4.69. The van der Waals surface area contributed by atoms with Crippen LogP contribution in [-0.4, -0.2) is 52.8 Å². The maximum absolute atomic E-state index is 15.0. The van der Waals surface area contributed by atoms with E-state index in [1.807, 2.05) is 0 Å². The molecule has 3 aromatic heterocycles. The highest BCUT2D eigenvalue weighted by molar-refractivity contribution is 5.78. The number of hydrogen-bond acceptors (Lipinski definition) is 8. The van der Waals surface area contributed by atoms with E-state index in [9.17, 15) is 23.1 Å². The zero-order chi connectivity index (χ0) is 26.3. The number of carboxylic acid groups (broad SMARTS) is 1. The molecule has 10 nitrogen and oxygen atoms in total. The largest absolute Gasteiger partial charge is 0.489 e. The Morgan fingerprint density at radius 2 is 2.08 bits per heavy atom. The summed E-state index contributed by atoms with van der Waals surface area (Å²) in [5, 5.41) is 17.5. The molecule has 0 radical (unpaired) electrons. The minimum absolute atomic E-state index is 0.00819. The van der Waals surface area contributed by atoms with Gasteiger partial charge in [-0.15, -0.1) is 5.10 Å². The maximum atomic E-state index is 15.0. The number of carbonyl (C=O) groups is 1. The van der Waals surface area contributed by atoms with Crippen LogP contribution in [0.1, 0.15) is 49.2 Å². The SMILES string of the molecule is Cc1nc(-c2nnn(C)c2COc2nccc(C(F)F)n2)ccc1OC1CC2CCC(F)(C(=O)O)C2C1. The van der Waals surface area contributed by atoms with Gasteiger partial charge in [0.1, 0.15) is 29.4 Å². The normalized spacial score (nSPS) is 24.9. The van der Waals surface area contributed by atoms with Crippen molar-refractivity contribution in [3.63, 3.8) is 0 Å². The van der Waals surface area contributed by atoms with E-state index in [1.165, 1.54) is 10.9 Å². The number of pyridine rings is 1. The Balaban J connectivity index is 1.29. The lowest BCUT2D eigenvalue weighted by Crippen LogP contribution is -2.38. The van der Waals surface area contributed by atoms with E-state index in [0.29, 0.717) is 47.8 Å². The fourth-order valence-electron chi connectivity index (χ4n) is 5.30. The van der Waals surface area contributed by atoms with Crippen LogP contribution < -0.4 is 9.47 Å². The number of alkyl halides is 3. The van der Waals surface area contributed by atoms with Crippen LogP contribution in [0.3, 0.4) is 0 Å². The van der Waals surface area contributed by atoms with E-state index < -0.39 is 29.7 Å². The lowest BCUT2D eigenvalue weighted by atomic mass is 9.89. The second kappa shape index (κ2) is 9.60. The fraction of sp³-hybridized carbons (Fsp3) is 0.500. The molecule has 2 aliphatic carbocycles. The molecular weight excluding hydrogens is 493 g/mol. The van der Waals surface area contributed by atoms with Crippen LogP contribution in [0, 0.1) is 18.8 Å². The van der Waals surface area contributed by atoms with Gasteiger partial charge in [0.2, 0.25) is 5.67 Å². The molecule has 3 heterocycles. The summed E-state index contributed by atoms with van der Waals surface area (Å²) < 4.78 is 53.9. The summed E-state index contributed by atoms with van der Waals surface area (Å²) in [7, 11) is 1.66. The summed E-state index contributed by atoms with van der Waals surface area (Å²) in [6.45, 7) is 1.69. The van der Waals surface area contributed by atoms with E-state index in [1.54, 1.807) is 26.1 Å². The molecule has 3 aromatic rings. The number of aromatic nitrogens is 6. The summed E-state index contributed by atoms with van der Waals surface area (Å²) in [6.07, 6.45) is -0.303. The Morgan fingerprint density at radius 1 is 1.27 bits per heavy atom. The van der Waals surface area contributed by atoms with Gasteiger partial charge in [0.05, 0.1) is 17.5 Å². The second-order valence-electron chi connectivity index (χ2n) is 9.43. The molecule has 2 fully saturated rings. The van der Waals surface area contributed by atoms with Crippen molar-refractivity contribution < 1.29 is 32.5 Å². The predicted octanol–water partition coefficient (Wildman–Crippen LogP) is 3.85. The first-order valence-electron chi connectivity index (χ1n) is 11.8. The number of halogens is 3. The number of aliphatic carboxylic acids is 1. The van der Waals surface area contributed by atoms with Gasteiger partial charge >= 0.3 is 12.0 Å². The molecule has 4 unspecified atom stereocenters. The third-order valence-electron chi connectivity index (χ3n) is 7.21. The van der Waals surface area contributed by atoms with Crippen LogP contribution in [0.2, 0.25) is 0 Å². The van der Waals surface area contributed by atoms with Gasteiger partial charge in [-0.3, -0.25) is 0 Å². The standard InChI is InChI=1S/C24H25F3N6O4/c1-12-19(37-14-9-13-5-7-24(27,22(34)35)15(13)10-14)4-3-16(29-12)20-18(33(2)32-31-20)11-36-23-28-8-6-17(30-23)21(25)26/h3-4,6,8,13-15,21H,5,7,9-11H2,1-2H3,(H,34,35). The molecule has 0 aliphatic heterocycles. The van der Waals surface area contributed by atoms with Crippen LogP contribution in [0.5, 0.6) is 11.8 Å². The number of ether oxygens (including phenoxy) is 2. The number of rotatable bonds is 8. The lowest BCUT2D eigenvalue weighted by Gasteiger charge is -2.22. The number of carboxylic acids is 1. The van der Waals surface area contributed by atoms with E-state index in [-0.39, 0.29) is 31.1 Å². The van der Waals surface area contributed by atoms with Crippen LogP contribution in [-0.2, 0) is 18.4 Å². The smallest absolute Gasteiger partial charge is 0.341 e. The summed E-state index contributed by atoms with van der Waals surface area (Å²) >= 11 is 0. The van der Waals surface area contributed by atoms with Crippen molar-refractivity contribution in [1.29, 1.82) is 0 Å². The molecule has 0 aromatic carbocycles. The average molecular weight is 518 g/mol. The van der Waals surface area contributed by atoms with E-state index >= 15 is 0 Å². The number of hydrogen-bond donors (Lipinski definition) is 1. The minimum atomic E-state index is -2.74. The molecule has 2 aliphatic rings. The zero-order valence-electron chi connectivity index (χ0n) is 20.1. The quantitative estimate of drug-likeness (QED) is 0.473. The maximum Gasteiger partial charge on any atom is 0.341 e. The summed E-state index contributed by atoms with van der Waals surface area (Å²) in [5.74, 6) is -1.42. The second-order valence-corrected chi connectivity index (χ2v) is 9.43. The summed E-state index contributed by atoms with van der Waals surface area (Å²) in [6, 6.07) is 4.36. The van der Waals surface area contributed by atoms with Gasteiger partial charge in [0.15, 0.2) is 0 Å². The van der Waals surface area contributed by atoms with Crippen molar-refractivity contribution in [3.8, 4) is 23.1 Å². The summed E-state index contributed by atoms with van der Waals surface area (Å²) in [4.78, 5) is 23.6. The predicted molar refractivity (Wildman–Crippen MR) is 122 cm³/mol. The minimum Gasteiger partial charge on any atom is -0.489 e. The van der Waals surface area contributed by atoms with Crippen molar-refractivity contribution in [1.82, 2.24) is 29.9 Å². The van der Waals surface area contributed by atoms with Crippen LogP contribution in [0.25, 0.3) is 11.4 Å². The average Bonchev–Trinajstić information content (AvgIpc) is 3.54. The lowest BCUT2D eigenvalue weighted by molar-refractivity contribution is -0.153. The van der Waals surface area contributed by atoms with Gasteiger partial charge in [-0.25, -0.2) is 32.6 Å². The number of nitrogens with zero attached hydrogens (tertiary/aromatic N) is 6. The van der Waals surface area contributed by atoms with Gasteiger partial charge in [-0.2, -0.15) is 4.98 Å². The molecule has 196 valence electrons. The van der Waals surface area contributed by atoms with Crippen LogP contribution in [0.4, 0.5) is 13.2 Å². The van der Waals surface area contributed by atoms with Crippen molar-refractivity contribution in [3.05, 3.63) is 41.5 Å². The van der Waals surface area contributed by atoms with Gasteiger partial charge in [0, 0.05) is 19.2 Å². The van der Waals surface area contributed by atoms with Crippen molar-refractivity contribution in [2.45, 2.75) is 57.4 Å².